The largest absolute Gasteiger partial charge is 0.497 e. The molecule has 0 aliphatic heterocycles. The number of anilines is 1. The van der Waals surface area contributed by atoms with Crippen molar-refractivity contribution in [3.63, 3.8) is 0 Å². The van der Waals surface area contributed by atoms with Crippen molar-refractivity contribution in [2.75, 3.05) is 19.0 Å². The van der Waals surface area contributed by atoms with E-state index in [-0.39, 0.29) is 23.8 Å². The van der Waals surface area contributed by atoms with Crippen LogP contribution < -0.4 is 20.2 Å². The van der Waals surface area contributed by atoms with Crippen molar-refractivity contribution in [1.82, 2.24) is 5.43 Å². The molecule has 0 saturated carbocycles. The minimum absolute atomic E-state index is 0.115. The first kappa shape index (κ1) is 24.4. The van der Waals surface area contributed by atoms with Gasteiger partial charge in [-0.25, -0.2) is 5.43 Å². The summed E-state index contributed by atoms with van der Waals surface area (Å²) in [7, 11) is 1.56. The number of benzene rings is 3. The molecule has 0 fully saturated rings. The number of halogens is 1. The summed E-state index contributed by atoms with van der Waals surface area (Å²) in [6, 6.07) is 17.3. The van der Waals surface area contributed by atoms with E-state index in [1.165, 1.54) is 30.5 Å². The lowest BCUT2D eigenvalue weighted by Gasteiger charge is -2.10. The average Bonchev–Trinajstić information content (AvgIpc) is 2.84. The molecule has 0 unspecified atom stereocenters. The number of non-ortho nitro benzene ring substituents is 1. The number of nitrogens with one attached hydrogen (secondary N) is 2. The van der Waals surface area contributed by atoms with Crippen LogP contribution in [-0.4, -0.2) is 36.7 Å². The number of hydrogen-bond acceptors (Lipinski definition) is 7. The Hall–Kier alpha value is -4.25. The van der Waals surface area contributed by atoms with E-state index < -0.39 is 10.8 Å². The minimum atomic E-state index is -0.582. The fourth-order valence-electron chi connectivity index (χ4n) is 2.72. The van der Waals surface area contributed by atoms with Crippen molar-refractivity contribution in [1.29, 1.82) is 0 Å². The Morgan fingerprint density at radius 2 is 1.88 bits per heavy atom. The number of amides is 2. The summed E-state index contributed by atoms with van der Waals surface area (Å²) in [5.74, 6) is 0.224. The van der Waals surface area contributed by atoms with E-state index in [9.17, 15) is 19.7 Å². The minimum Gasteiger partial charge on any atom is -0.497 e. The lowest BCUT2D eigenvalue weighted by atomic mass is 10.2. The molecule has 10 nitrogen and oxygen atoms in total. The summed E-state index contributed by atoms with van der Waals surface area (Å²) in [6.07, 6.45) is 1.40. The Morgan fingerprint density at radius 3 is 2.56 bits per heavy atom. The molecule has 0 aromatic heterocycles. The molecular formula is C23H19BrN4O6. The van der Waals surface area contributed by atoms with E-state index >= 15 is 0 Å². The van der Waals surface area contributed by atoms with Gasteiger partial charge in [0.1, 0.15) is 11.5 Å². The molecule has 3 rings (SSSR count). The third-order valence-corrected chi connectivity index (χ3v) is 5.01. The van der Waals surface area contributed by atoms with Crippen molar-refractivity contribution < 1.29 is 24.0 Å². The molecule has 11 heteroatoms. The van der Waals surface area contributed by atoms with Crippen LogP contribution in [0.15, 0.2) is 76.3 Å². The summed E-state index contributed by atoms with van der Waals surface area (Å²) in [5.41, 5.74) is 3.51. The van der Waals surface area contributed by atoms with Gasteiger partial charge in [-0.3, -0.25) is 19.7 Å². The number of methoxy groups -OCH3 is 1. The van der Waals surface area contributed by atoms with E-state index in [1.54, 1.807) is 49.6 Å². The van der Waals surface area contributed by atoms with Crippen LogP contribution in [0.4, 0.5) is 11.4 Å². The normalized spacial score (nSPS) is 10.5. The monoisotopic (exact) mass is 526 g/mol. The van der Waals surface area contributed by atoms with Crippen LogP contribution in [0, 0.1) is 10.1 Å². The van der Waals surface area contributed by atoms with Gasteiger partial charge in [0.2, 0.25) is 0 Å². The summed E-state index contributed by atoms with van der Waals surface area (Å²) >= 11 is 3.38. The molecule has 0 saturated heterocycles. The summed E-state index contributed by atoms with van der Waals surface area (Å²) in [5, 5.41) is 17.4. The van der Waals surface area contributed by atoms with Gasteiger partial charge < -0.3 is 14.8 Å². The fraction of sp³-hybridized carbons (Fsp3) is 0.0870. The number of hydrogen-bond donors (Lipinski definition) is 2. The zero-order valence-electron chi connectivity index (χ0n) is 17.9. The topological polar surface area (TPSA) is 132 Å². The molecule has 3 aromatic carbocycles. The molecule has 3 aromatic rings. The van der Waals surface area contributed by atoms with Crippen molar-refractivity contribution in [3.05, 3.63) is 92.4 Å². The van der Waals surface area contributed by atoms with Crippen molar-refractivity contribution in [2.24, 2.45) is 5.10 Å². The molecule has 0 radical (unpaired) electrons. The van der Waals surface area contributed by atoms with Crippen LogP contribution in [-0.2, 0) is 4.79 Å². The maximum absolute atomic E-state index is 12.1. The molecule has 0 bridgehead atoms. The smallest absolute Gasteiger partial charge is 0.271 e. The van der Waals surface area contributed by atoms with Crippen LogP contribution in [0.25, 0.3) is 0 Å². The summed E-state index contributed by atoms with van der Waals surface area (Å²) in [6.45, 7) is -0.197. The highest BCUT2D eigenvalue weighted by Crippen LogP contribution is 2.25. The number of nitro groups is 1. The molecule has 0 aliphatic carbocycles. The Balaban J connectivity index is 1.52. The molecule has 0 aliphatic rings. The summed E-state index contributed by atoms with van der Waals surface area (Å²) in [4.78, 5) is 34.5. The van der Waals surface area contributed by atoms with Gasteiger partial charge in [0, 0.05) is 23.4 Å². The molecule has 34 heavy (non-hydrogen) atoms. The van der Waals surface area contributed by atoms with Crippen LogP contribution in [0.1, 0.15) is 15.9 Å². The molecular weight excluding hydrogens is 508 g/mol. The van der Waals surface area contributed by atoms with Crippen LogP contribution in [0.3, 0.4) is 0 Å². The highest BCUT2D eigenvalue weighted by atomic mass is 79.9. The van der Waals surface area contributed by atoms with Gasteiger partial charge in [-0.1, -0.05) is 6.07 Å². The molecule has 2 N–H and O–H groups in total. The fourth-order valence-corrected chi connectivity index (χ4v) is 3.23. The van der Waals surface area contributed by atoms with E-state index in [2.05, 4.69) is 31.8 Å². The lowest BCUT2D eigenvalue weighted by Crippen LogP contribution is -2.20. The van der Waals surface area contributed by atoms with Gasteiger partial charge in [0.25, 0.3) is 17.5 Å². The lowest BCUT2D eigenvalue weighted by molar-refractivity contribution is -0.384. The first-order valence-electron chi connectivity index (χ1n) is 9.80. The average molecular weight is 527 g/mol. The first-order valence-corrected chi connectivity index (χ1v) is 10.6. The number of rotatable bonds is 9. The SMILES string of the molecule is COc1ccc(NC(=O)COc2ccc(/C=N/NC(=O)c3cccc([N+](=O)[O-])c3)cc2Br)cc1. The number of carbonyl (C=O) groups is 2. The van der Waals surface area contributed by atoms with E-state index in [1.807, 2.05) is 0 Å². The van der Waals surface area contributed by atoms with Gasteiger partial charge >= 0.3 is 0 Å². The van der Waals surface area contributed by atoms with Crippen LogP contribution in [0.5, 0.6) is 11.5 Å². The Kier molecular flexibility index (Phi) is 8.30. The standard InChI is InChI=1S/C23H19BrN4O6/c1-33-19-8-6-17(7-9-19)26-22(29)14-34-21-10-5-15(11-20(21)24)13-25-27-23(30)16-3-2-4-18(12-16)28(31)32/h2-13H,14H2,1H3,(H,26,29)(H,27,30)/b25-13+. The van der Waals surface area contributed by atoms with E-state index in [4.69, 9.17) is 9.47 Å². The number of ether oxygens (including phenoxy) is 2. The van der Waals surface area contributed by atoms with Gasteiger partial charge in [0.05, 0.1) is 22.7 Å². The predicted octanol–water partition coefficient (Wildman–Crippen LogP) is 4.15. The highest BCUT2D eigenvalue weighted by molar-refractivity contribution is 9.10. The second-order valence-corrected chi connectivity index (χ2v) is 7.62. The van der Waals surface area contributed by atoms with Crippen molar-refractivity contribution in [2.45, 2.75) is 0 Å². The Bertz CT molecular complexity index is 1230. The second kappa shape index (κ2) is 11.6. The summed E-state index contributed by atoms with van der Waals surface area (Å²) < 4.78 is 11.2. The van der Waals surface area contributed by atoms with Gasteiger partial charge in [-0.2, -0.15) is 5.10 Å². The van der Waals surface area contributed by atoms with Gasteiger partial charge in [0.15, 0.2) is 6.61 Å². The number of hydrazone groups is 1. The van der Waals surface area contributed by atoms with Crippen molar-refractivity contribution >= 4 is 45.3 Å². The predicted molar refractivity (Wildman–Crippen MR) is 129 cm³/mol. The Morgan fingerprint density at radius 1 is 1.12 bits per heavy atom. The quantitative estimate of drug-likeness (QED) is 0.244. The maximum atomic E-state index is 12.1. The number of carbonyl (C=O) groups excluding carboxylic acids is 2. The number of nitrogens with zero attached hydrogens (tertiary/aromatic N) is 2. The molecule has 174 valence electrons. The number of nitro benzene ring substituents is 1. The van der Waals surface area contributed by atoms with Crippen LogP contribution in [0.2, 0.25) is 0 Å². The third kappa shape index (κ3) is 6.87. The molecule has 2 amide bonds. The molecule has 0 atom stereocenters. The van der Waals surface area contributed by atoms with E-state index in [0.29, 0.717) is 27.2 Å². The highest BCUT2D eigenvalue weighted by Gasteiger charge is 2.11. The van der Waals surface area contributed by atoms with Crippen molar-refractivity contribution in [3.8, 4) is 11.5 Å². The third-order valence-electron chi connectivity index (χ3n) is 4.39. The van der Waals surface area contributed by atoms with Crippen LogP contribution >= 0.6 is 15.9 Å². The molecule has 0 heterocycles. The van der Waals surface area contributed by atoms with Gasteiger partial charge in [-0.15, -0.1) is 0 Å². The molecule has 0 spiro atoms. The maximum Gasteiger partial charge on any atom is 0.271 e. The zero-order chi connectivity index (χ0) is 24.5. The Labute approximate surface area is 202 Å². The first-order chi connectivity index (χ1) is 16.4. The van der Waals surface area contributed by atoms with Gasteiger partial charge in [-0.05, 0) is 70.0 Å². The zero-order valence-corrected chi connectivity index (χ0v) is 19.4. The second-order valence-electron chi connectivity index (χ2n) is 6.76. The van der Waals surface area contributed by atoms with E-state index in [0.717, 1.165) is 0 Å².